The first-order valence-electron chi connectivity index (χ1n) is 5.27. The second kappa shape index (κ2) is 6.39. The molecule has 1 rings (SSSR count). The molecule has 0 saturated heterocycles. The molecule has 0 spiro atoms. The molecule has 1 heteroatoms. The van der Waals surface area contributed by atoms with Crippen molar-refractivity contribution < 1.29 is 0 Å². The van der Waals surface area contributed by atoms with Gasteiger partial charge < -0.3 is 5.32 Å². The zero-order valence-electron chi connectivity index (χ0n) is 9.09. The summed E-state index contributed by atoms with van der Waals surface area (Å²) in [5.41, 5.74) is 2.66. The third-order valence-corrected chi connectivity index (χ3v) is 2.22. The highest BCUT2D eigenvalue weighted by atomic mass is 14.8. The number of aryl methyl sites for hydroxylation is 1. The molecule has 0 bridgehead atoms. The Morgan fingerprint density at radius 3 is 2.79 bits per heavy atom. The Hall–Kier alpha value is -1.08. The van der Waals surface area contributed by atoms with E-state index in [4.69, 9.17) is 0 Å². The summed E-state index contributed by atoms with van der Waals surface area (Å²) in [7, 11) is 0. The summed E-state index contributed by atoms with van der Waals surface area (Å²) in [5, 5.41) is 3.30. The van der Waals surface area contributed by atoms with Crippen molar-refractivity contribution in [3.8, 4) is 0 Å². The van der Waals surface area contributed by atoms with E-state index in [1.807, 2.05) is 0 Å². The number of nitrogens with one attached hydrogen (secondary N) is 1. The van der Waals surface area contributed by atoms with Crippen molar-refractivity contribution in [2.45, 2.75) is 20.3 Å². The van der Waals surface area contributed by atoms with Crippen molar-refractivity contribution in [1.29, 1.82) is 0 Å². The molecule has 0 aliphatic rings. The Morgan fingerprint density at radius 1 is 1.29 bits per heavy atom. The Labute approximate surface area is 86.8 Å². The topological polar surface area (TPSA) is 12.0 Å². The Balaban J connectivity index is 2.40. The van der Waals surface area contributed by atoms with Crippen molar-refractivity contribution in [2.75, 3.05) is 13.1 Å². The van der Waals surface area contributed by atoms with Gasteiger partial charge >= 0.3 is 0 Å². The van der Waals surface area contributed by atoms with Crippen LogP contribution in [0.5, 0.6) is 0 Å². The summed E-state index contributed by atoms with van der Waals surface area (Å²) in [6.07, 6.45) is 5.53. The molecule has 0 aromatic heterocycles. The van der Waals surface area contributed by atoms with Gasteiger partial charge in [-0.25, -0.2) is 0 Å². The number of benzene rings is 1. The third kappa shape index (κ3) is 3.75. The highest BCUT2D eigenvalue weighted by Crippen LogP contribution is 2.08. The smallest absolute Gasteiger partial charge is 0.00143 e. The predicted molar refractivity (Wildman–Crippen MR) is 63.4 cm³/mol. The van der Waals surface area contributed by atoms with E-state index in [-0.39, 0.29) is 0 Å². The van der Waals surface area contributed by atoms with E-state index in [0.29, 0.717) is 0 Å². The maximum Gasteiger partial charge on any atom is -0.00143 e. The minimum absolute atomic E-state index is 1.05. The standard InChI is InChI=1S/C13H19N/c1-3-14-11-7-6-10-13-9-5-4-8-12(13)2/h4-6,8-10,14H,3,7,11H2,1-2H3. The molecule has 0 fully saturated rings. The number of rotatable bonds is 5. The first-order chi connectivity index (χ1) is 6.84. The van der Waals surface area contributed by atoms with Crippen LogP contribution in [0.25, 0.3) is 6.08 Å². The van der Waals surface area contributed by atoms with Crippen LogP contribution in [0.1, 0.15) is 24.5 Å². The van der Waals surface area contributed by atoms with Crippen molar-refractivity contribution in [3.05, 3.63) is 41.5 Å². The highest BCUT2D eigenvalue weighted by molar-refractivity contribution is 5.53. The first-order valence-corrected chi connectivity index (χ1v) is 5.27. The fraction of sp³-hybridized carbons (Fsp3) is 0.385. The van der Waals surface area contributed by atoms with Crippen molar-refractivity contribution in [2.24, 2.45) is 0 Å². The zero-order valence-corrected chi connectivity index (χ0v) is 9.09. The average molecular weight is 189 g/mol. The van der Waals surface area contributed by atoms with Crippen molar-refractivity contribution in [1.82, 2.24) is 5.32 Å². The molecule has 1 nitrogen and oxygen atoms in total. The van der Waals surface area contributed by atoms with E-state index in [9.17, 15) is 0 Å². The maximum atomic E-state index is 3.30. The molecule has 14 heavy (non-hydrogen) atoms. The van der Waals surface area contributed by atoms with Gasteiger partial charge in [-0.3, -0.25) is 0 Å². The monoisotopic (exact) mass is 189 g/mol. The Bertz CT molecular complexity index is 289. The van der Waals surface area contributed by atoms with Gasteiger partial charge in [-0.05, 0) is 37.6 Å². The molecule has 1 N–H and O–H groups in total. The van der Waals surface area contributed by atoms with Gasteiger partial charge in [0.05, 0.1) is 0 Å². The molecule has 0 atom stereocenters. The lowest BCUT2D eigenvalue weighted by Gasteiger charge is -1.99. The fourth-order valence-electron chi connectivity index (χ4n) is 1.35. The van der Waals surface area contributed by atoms with Crippen molar-refractivity contribution >= 4 is 6.08 Å². The van der Waals surface area contributed by atoms with E-state index in [0.717, 1.165) is 19.5 Å². The fourth-order valence-corrected chi connectivity index (χ4v) is 1.35. The van der Waals surface area contributed by atoms with Gasteiger partial charge in [-0.1, -0.05) is 43.3 Å². The number of hydrogen-bond donors (Lipinski definition) is 1. The minimum atomic E-state index is 1.05. The molecule has 0 unspecified atom stereocenters. The largest absolute Gasteiger partial charge is 0.317 e. The number of hydrogen-bond acceptors (Lipinski definition) is 1. The molecule has 76 valence electrons. The van der Waals surface area contributed by atoms with Crippen LogP contribution in [0.15, 0.2) is 30.3 Å². The molecule has 0 radical (unpaired) electrons. The quantitative estimate of drug-likeness (QED) is 0.702. The van der Waals surface area contributed by atoms with Gasteiger partial charge in [0.15, 0.2) is 0 Å². The van der Waals surface area contributed by atoms with Crippen LogP contribution in [-0.2, 0) is 0 Å². The Kier molecular flexibility index (Phi) is 5.02. The Morgan fingerprint density at radius 2 is 2.07 bits per heavy atom. The van der Waals surface area contributed by atoms with Gasteiger partial charge in [0.2, 0.25) is 0 Å². The SMILES string of the molecule is CCNCCC=Cc1ccccc1C. The van der Waals surface area contributed by atoms with Gasteiger partial charge in [0.25, 0.3) is 0 Å². The van der Waals surface area contributed by atoms with Crippen molar-refractivity contribution in [3.63, 3.8) is 0 Å². The molecule has 0 amide bonds. The molecule has 0 aliphatic carbocycles. The first kappa shape index (κ1) is 11.0. The molecule has 0 heterocycles. The van der Waals surface area contributed by atoms with Crippen LogP contribution in [-0.4, -0.2) is 13.1 Å². The van der Waals surface area contributed by atoms with Crippen LogP contribution in [0, 0.1) is 6.92 Å². The average Bonchev–Trinajstić information content (AvgIpc) is 2.20. The second-order valence-electron chi connectivity index (χ2n) is 3.40. The van der Waals surface area contributed by atoms with Crippen LogP contribution in [0.3, 0.4) is 0 Å². The molecular formula is C13H19N. The lowest BCUT2D eigenvalue weighted by Crippen LogP contribution is -2.12. The van der Waals surface area contributed by atoms with Gasteiger partial charge in [0.1, 0.15) is 0 Å². The van der Waals surface area contributed by atoms with E-state index < -0.39 is 0 Å². The van der Waals surface area contributed by atoms with E-state index in [1.165, 1.54) is 11.1 Å². The molecule has 1 aromatic rings. The summed E-state index contributed by atoms with van der Waals surface area (Å²) in [4.78, 5) is 0. The van der Waals surface area contributed by atoms with Crippen LogP contribution in [0.2, 0.25) is 0 Å². The van der Waals surface area contributed by atoms with Crippen LogP contribution in [0.4, 0.5) is 0 Å². The van der Waals surface area contributed by atoms with Gasteiger partial charge in [0, 0.05) is 0 Å². The highest BCUT2D eigenvalue weighted by Gasteiger charge is 1.89. The summed E-state index contributed by atoms with van der Waals surface area (Å²) < 4.78 is 0. The van der Waals surface area contributed by atoms with E-state index in [2.05, 4.69) is 55.6 Å². The summed E-state index contributed by atoms with van der Waals surface area (Å²) >= 11 is 0. The molecule has 0 saturated carbocycles. The third-order valence-electron chi connectivity index (χ3n) is 2.22. The van der Waals surface area contributed by atoms with Gasteiger partial charge in [-0.2, -0.15) is 0 Å². The predicted octanol–water partition coefficient (Wildman–Crippen LogP) is 3.01. The van der Waals surface area contributed by atoms with E-state index in [1.54, 1.807) is 0 Å². The molecule has 0 aliphatic heterocycles. The minimum Gasteiger partial charge on any atom is -0.317 e. The second-order valence-corrected chi connectivity index (χ2v) is 3.40. The summed E-state index contributed by atoms with van der Waals surface area (Å²) in [5.74, 6) is 0. The zero-order chi connectivity index (χ0) is 10.2. The van der Waals surface area contributed by atoms with Gasteiger partial charge in [-0.15, -0.1) is 0 Å². The maximum absolute atomic E-state index is 3.30. The normalized spacial score (nSPS) is 11.0. The molecular weight excluding hydrogens is 170 g/mol. The lowest BCUT2D eigenvalue weighted by atomic mass is 10.1. The van der Waals surface area contributed by atoms with E-state index >= 15 is 0 Å². The molecule has 1 aromatic carbocycles. The lowest BCUT2D eigenvalue weighted by molar-refractivity contribution is 0.727. The van der Waals surface area contributed by atoms with Crippen LogP contribution < -0.4 is 5.32 Å². The summed E-state index contributed by atoms with van der Waals surface area (Å²) in [6.45, 7) is 6.39. The van der Waals surface area contributed by atoms with Crippen LogP contribution >= 0.6 is 0 Å². The summed E-state index contributed by atoms with van der Waals surface area (Å²) in [6, 6.07) is 8.45.